The zero-order valence-electron chi connectivity index (χ0n) is 19.8. The fraction of sp³-hybridized carbons (Fsp3) is 0.481. The lowest BCUT2D eigenvalue weighted by atomic mass is 9.89. The van der Waals surface area contributed by atoms with Crippen LogP contribution in [0.2, 0.25) is 0 Å². The molecule has 2 aliphatic rings. The Bertz CT molecular complexity index is 995. The van der Waals surface area contributed by atoms with Gasteiger partial charge < -0.3 is 14.7 Å². The van der Waals surface area contributed by atoms with Gasteiger partial charge in [-0.1, -0.05) is 46.3 Å². The lowest BCUT2D eigenvalue weighted by molar-refractivity contribution is -0.136. The molecule has 7 heteroatoms. The number of rotatable bonds is 9. The lowest BCUT2D eigenvalue weighted by Gasteiger charge is -2.45. The molecule has 182 valence electrons. The van der Waals surface area contributed by atoms with Crippen LogP contribution in [0.1, 0.15) is 51.0 Å². The summed E-state index contributed by atoms with van der Waals surface area (Å²) in [5, 5.41) is 10.1. The average molecular weight is 529 g/mol. The van der Waals surface area contributed by atoms with Crippen LogP contribution >= 0.6 is 15.9 Å². The fourth-order valence-electron chi connectivity index (χ4n) is 5.35. The maximum absolute atomic E-state index is 12.9. The van der Waals surface area contributed by atoms with Gasteiger partial charge in [-0.15, -0.1) is 0 Å². The van der Waals surface area contributed by atoms with E-state index >= 15 is 0 Å². The molecule has 0 aromatic heterocycles. The highest BCUT2D eigenvalue weighted by Gasteiger charge is 2.46. The molecular weight excluding hydrogens is 496 g/mol. The number of piperidine rings is 1. The molecule has 0 spiro atoms. The summed E-state index contributed by atoms with van der Waals surface area (Å²) in [6, 6.07) is 17.7. The zero-order valence-corrected chi connectivity index (χ0v) is 21.4. The maximum Gasteiger partial charge on any atom is 0.408 e. The summed E-state index contributed by atoms with van der Waals surface area (Å²) in [6.45, 7) is 5.46. The summed E-state index contributed by atoms with van der Waals surface area (Å²) < 4.78 is 6.74. The Balaban J connectivity index is 1.30. The van der Waals surface area contributed by atoms with Crippen molar-refractivity contribution in [3.05, 3.63) is 64.6 Å². The van der Waals surface area contributed by atoms with Crippen molar-refractivity contribution < 1.29 is 19.4 Å². The van der Waals surface area contributed by atoms with Crippen molar-refractivity contribution in [3.8, 4) is 5.75 Å². The summed E-state index contributed by atoms with van der Waals surface area (Å²) in [5.74, 6) is 1.74. The van der Waals surface area contributed by atoms with E-state index in [9.17, 15) is 14.7 Å². The molecule has 6 nitrogen and oxygen atoms in total. The summed E-state index contributed by atoms with van der Waals surface area (Å²) in [7, 11) is 0. The van der Waals surface area contributed by atoms with Crippen LogP contribution in [0.15, 0.2) is 59.1 Å². The van der Waals surface area contributed by atoms with Gasteiger partial charge in [0.05, 0.1) is 6.54 Å². The molecule has 1 saturated carbocycles. The summed E-state index contributed by atoms with van der Waals surface area (Å²) in [6.07, 6.45) is 1.82. The van der Waals surface area contributed by atoms with E-state index < -0.39 is 11.6 Å². The van der Waals surface area contributed by atoms with Gasteiger partial charge in [0.15, 0.2) is 0 Å². The number of ether oxygens (including phenoxy) is 1. The molecule has 1 heterocycles. The average Bonchev–Trinajstić information content (AvgIpc) is 3.55. The topological polar surface area (TPSA) is 70.1 Å². The van der Waals surface area contributed by atoms with Crippen LogP contribution in [-0.4, -0.2) is 58.2 Å². The van der Waals surface area contributed by atoms with E-state index in [2.05, 4.69) is 40.2 Å². The minimum absolute atomic E-state index is 0.00806. The molecular formula is C27H33BrN2O4. The molecule has 1 aliphatic carbocycles. The van der Waals surface area contributed by atoms with Crippen molar-refractivity contribution in [1.29, 1.82) is 0 Å². The zero-order chi connectivity index (χ0) is 24.3. The van der Waals surface area contributed by atoms with Gasteiger partial charge in [0, 0.05) is 29.0 Å². The highest BCUT2D eigenvalue weighted by atomic mass is 79.9. The molecule has 1 unspecified atom stereocenters. The van der Waals surface area contributed by atoms with E-state index in [1.54, 1.807) is 9.80 Å². The molecule has 2 fully saturated rings. The first kappa shape index (κ1) is 24.6. The van der Waals surface area contributed by atoms with Crippen LogP contribution in [-0.2, 0) is 4.79 Å². The van der Waals surface area contributed by atoms with E-state index in [-0.39, 0.29) is 18.4 Å². The third kappa shape index (κ3) is 5.93. The standard InChI is InChI=1S/C27H33BrN2O4/c1-27(2,18-20-16-24(20)19-6-4-3-5-7-19)30(26(32)33)22-12-13-29(25(31)17-22)14-15-34-23-10-8-21(28)9-11-23/h3-11,20,22,24H,12-18H2,1-2H3,(H,32,33)/t20-,22?,24-/m1/s1. The van der Waals surface area contributed by atoms with Crippen LogP contribution in [0.4, 0.5) is 4.79 Å². The molecule has 4 rings (SSSR count). The first-order valence-electron chi connectivity index (χ1n) is 12.0. The van der Waals surface area contributed by atoms with Crippen LogP contribution in [0, 0.1) is 5.92 Å². The molecule has 34 heavy (non-hydrogen) atoms. The largest absolute Gasteiger partial charge is 0.492 e. The highest BCUT2D eigenvalue weighted by Crippen LogP contribution is 2.52. The Morgan fingerprint density at radius 3 is 2.53 bits per heavy atom. The highest BCUT2D eigenvalue weighted by molar-refractivity contribution is 9.10. The van der Waals surface area contributed by atoms with Gasteiger partial charge in [-0.05, 0) is 74.8 Å². The van der Waals surface area contributed by atoms with Gasteiger partial charge in [-0.3, -0.25) is 9.69 Å². The van der Waals surface area contributed by atoms with Gasteiger partial charge in [0.1, 0.15) is 12.4 Å². The second-order valence-corrected chi connectivity index (χ2v) is 10.9. The van der Waals surface area contributed by atoms with Crippen molar-refractivity contribution in [1.82, 2.24) is 9.80 Å². The number of benzene rings is 2. The minimum atomic E-state index is -0.938. The first-order chi connectivity index (χ1) is 16.2. The van der Waals surface area contributed by atoms with Crippen LogP contribution < -0.4 is 4.74 Å². The predicted octanol–water partition coefficient (Wildman–Crippen LogP) is 5.77. The molecule has 2 amide bonds. The van der Waals surface area contributed by atoms with E-state index in [1.807, 2.05) is 44.2 Å². The van der Waals surface area contributed by atoms with Crippen LogP contribution in [0.5, 0.6) is 5.75 Å². The Labute approximate surface area is 210 Å². The molecule has 3 atom stereocenters. The third-order valence-electron chi connectivity index (χ3n) is 7.07. The van der Waals surface area contributed by atoms with Gasteiger partial charge in [0.25, 0.3) is 0 Å². The number of carbonyl (C=O) groups is 2. The molecule has 1 N–H and O–H groups in total. The number of carbonyl (C=O) groups excluding carboxylic acids is 1. The number of hydrogen-bond acceptors (Lipinski definition) is 3. The normalized spacial score (nSPS) is 22.4. The Morgan fingerprint density at radius 1 is 1.18 bits per heavy atom. The van der Waals surface area contributed by atoms with Crippen LogP contribution in [0.25, 0.3) is 0 Å². The number of likely N-dealkylation sites (tertiary alicyclic amines) is 1. The van der Waals surface area contributed by atoms with Crippen molar-refractivity contribution >= 4 is 27.9 Å². The molecule has 1 saturated heterocycles. The maximum atomic E-state index is 12.9. The molecule has 0 radical (unpaired) electrons. The van der Waals surface area contributed by atoms with Crippen molar-refractivity contribution in [2.75, 3.05) is 19.7 Å². The smallest absolute Gasteiger partial charge is 0.408 e. The van der Waals surface area contributed by atoms with Gasteiger partial charge >= 0.3 is 6.09 Å². The van der Waals surface area contributed by atoms with E-state index in [1.165, 1.54) is 5.56 Å². The molecule has 2 aromatic carbocycles. The number of nitrogens with zero attached hydrogens (tertiary/aromatic N) is 2. The van der Waals surface area contributed by atoms with Crippen molar-refractivity contribution in [2.24, 2.45) is 5.92 Å². The monoisotopic (exact) mass is 528 g/mol. The minimum Gasteiger partial charge on any atom is -0.492 e. The van der Waals surface area contributed by atoms with Crippen LogP contribution in [0.3, 0.4) is 0 Å². The Hall–Kier alpha value is -2.54. The van der Waals surface area contributed by atoms with E-state index in [0.717, 1.165) is 23.1 Å². The Morgan fingerprint density at radius 2 is 1.88 bits per heavy atom. The second kappa shape index (κ2) is 10.4. The number of halogens is 1. The summed E-state index contributed by atoms with van der Waals surface area (Å²) in [5.41, 5.74) is 0.803. The quantitative estimate of drug-likeness (QED) is 0.448. The molecule has 1 aliphatic heterocycles. The van der Waals surface area contributed by atoms with Crippen molar-refractivity contribution in [2.45, 2.75) is 57.0 Å². The summed E-state index contributed by atoms with van der Waals surface area (Å²) >= 11 is 3.40. The fourth-order valence-corrected chi connectivity index (χ4v) is 5.62. The second-order valence-electron chi connectivity index (χ2n) is 10.0. The first-order valence-corrected chi connectivity index (χ1v) is 12.8. The van der Waals surface area contributed by atoms with Gasteiger partial charge in [0.2, 0.25) is 5.91 Å². The van der Waals surface area contributed by atoms with Gasteiger partial charge in [-0.25, -0.2) is 4.79 Å². The number of amides is 2. The molecule has 2 aromatic rings. The number of carboxylic acid groups (broad SMARTS) is 1. The van der Waals surface area contributed by atoms with Crippen molar-refractivity contribution in [3.63, 3.8) is 0 Å². The predicted molar refractivity (Wildman–Crippen MR) is 135 cm³/mol. The third-order valence-corrected chi connectivity index (χ3v) is 7.60. The van der Waals surface area contributed by atoms with Gasteiger partial charge in [-0.2, -0.15) is 0 Å². The molecule has 0 bridgehead atoms. The number of hydrogen-bond donors (Lipinski definition) is 1. The Kier molecular flexibility index (Phi) is 7.51. The summed E-state index contributed by atoms with van der Waals surface area (Å²) in [4.78, 5) is 28.5. The lowest BCUT2D eigenvalue weighted by Crippen LogP contribution is -2.57. The SMILES string of the molecule is CC(C)(C[C@H]1C[C@@H]1c1ccccc1)N(C(=O)O)C1CCN(CCOc2ccc(Br)cc2)C(=O)C1. The van der Waals surface area contributed by atoms with E-state index in [0.29, 0.717) is 38.0 Å². The van der Waals surface area contributed by atoms with E-state index in [4.69, 9.17) is 4.74 Å².